The SMILES string of the molecule is CCC(C)Oc1cccc(NC2=NCCN2)c1. The lowest BCUT2D eigenvalue weighted by atomic mass is 10.3. The molecule has 0 radical (unpaired) electrons. The molecule has 0 amide bonds. The molecule has 1 aromatic carbocycles. The van der Waals surface area contributed by atoms with Gasteiger partial charge in [0, 0.05) is 18.3 Å². The van der Waals surface area contributed by atoms with Gasteiger partial charge in [0.1, 0.15) is 5.75 Å². The number of hydrogen-bond donors (Lipinski definition) is 2. The highest BCUT2D eigenvalue weighted by Crippen LogP contribution is 2.19. The maximum Gasteiger partial charge on any atom is 0.195 e. The quantitative estimate of drug-likeness (QED) is 0.838. The average Bonchev–Trinajstić information content (AvgIpc) is 2.82. The Morgan fingerprint density at radius 3 is 3.12 bits per heavy atom. The molecular formula is C13H19N3O. The van der Waals surface area contributed by atoms with Crippen LogP contribution >= 0.6 is 0 Å². The van der Waals surface area contributed by atoms with Crippen molar-refractivity contribution in [3.63, 3.8) is 0 Å². The van der Waals surface area contributed by atoms with Crippen LogP contribution in [0.4, 0.5) is 5.69 Å². The van der Waals surface area contributed by atoms with Crippen LogP contribution in [0, 0.1) is 0 Å². The molecule has 4 heteroatoms. The molecule has 1 heterocycles. The molecule has 92 valence electrons. The summed E-state index contributed by atoms with van der Waals surface area (Å²) in [6, 6.07) is 7.96. The van der Waals surface area contributed by atoms with Crippen LogP contribution in [-0.4, -0.2) is 25.2 Å². The maximum absolute atomic E-state index is 5.77. The average molecular weight is 233 g/mol. The predicted octanol–water partition coefficient (Wildman–Crippen LogP) is 2.23. The first kappa shape index (κ1) is 11.8. The summed E-state index contributed by atoms with van der Waals surface area (Å²) in [5.41, 5.74) is 0.999. The van der Waals surface area contributed by atoms with Gasteiger partial charge in [-0.3, -0.25) is 4.99 Å². The van der Waals surface area contributed by atoms with Gasteiger partial charge in [0.05, 0.1) is 12.6 Å². The van der Waals surface area contributed by atoms with E-state index in [0.717, 1.165) is 36.9 Å². The second kappa shape index (κ2) is 5.57. The molecule has 0 saturated heterocycles. The summed E-state index contributed by atoms with van der Waals surface area (Å²) in [5.74, 6) is 1.73. The molecule has 17 heavy (non-hydrogen) atoms. The Hall–Kier alpha value is -1.71. The first-order valence-corrected chi connectivity index (χ1v) is 6.10. The summed E-state index contributed by atoms with van der Waals surface area (Å²) in [6.45, 7) is 5.93. The van der Waals surface area contributed by atoms with Gasteiger partial charge in [-0.25, -0.2) is 0 Å². The Morgan fingerprint density at radius 1 is 1.53 bits per heavy atom. The normalized spacial score (nSPS) is 16.0. The van der Waals surface area contributed by atoms with Crippen molar-refractivity contribution in [2.75, 3.05) is 18.4 Å². The first-order valence-electron chi connectivity index (χ1n) is 6.10. The van der Waals surface area contributed by atoms with Crippen LogP contribution < -0.4 is 15.4 Å². The van der Waals surface area contributed by atoms with E-state index < -0.39 is 0 Å². The van der Waals surface area contributed by atoms with Gasteiger partial charge >= 0.3 is 0 Å². The Morgan fingerprint density at radius 2 is 2.41 bits per heavy atom. The lowest BCUT2D eigenvalue weighted by Crippen LogP contribution is -2.26. The summed E-state index contributed by atoms with van der Waals surface area (Å²) in [4.78, 5) is 4.29. The van der Waals surface area contributed by atoms with Crippen molar-refractivity contribution in [1.82, 2.24) is 5.32 Å². The van der Waals surface area contributed by atoms with Crippen molar-refractivity contribution >= 4 is 11.6 Å². The molecule has 4 nitrogen and oxygen atoms in total. The molecule has 1 aromatic rings. The monoisotopic (exact) mass is 233 g/mol. The molecule has 0 aliphatic carbocycles. The minimum atomic E-state index is 0.243. The van der Waals surface area contributed by atoms with Crippen molar-refractivity contribution in [2.45, 2.75) is 26.4 Å². The molecule has 1 aliphatic rings. The topological polar surface area (TPSA) is 45.6 Å². The molecule has 0 saturated carbocycles. The molecule has 1 atom stereocenters. The van der Waals surface area contributed by atoms with Crippen molar-refractivity contribution < 1.29 is 4.74 Å². The molecule has 2 rings (SSSR count). The highest BCUT2D eigenvalue weighted by Gasteiger charge is 2.06. The van der Waals surface area contributed by atoms with E-state index in [4.69, 9.17) is 4.74 Å². The van der Waals surface area contributed by atoms with Gasteiger partial charge in [0.25, 0.3) is 0 Å². The zero-order chi connectivity index (χ0) is 12.1. The van der Waals surface area contributed by atoms with E-state index in [9.17, 15) is 0 Å². The lowest BCUT2D eigenvalue weighted by molar-refractivity contribution is 0.217. The summed E-state index contributed by atoms with van der Waals surface area (Å²) in [6.07, 6.45) is 1.25. The number of guanidine groups is 1. The zero-order valence-corrected chi connectivity index (χ0v) is 10.4. The summed E-state index contributed by atoms with van der Waals surface area (Å²) in [7, 11) is 0. The number of ether oxygens (including phenoxy) is 1. The molecule has 0 aromatic heterocycles. The van der Waals surface area contributed by atoms with Gasteiger partial charge < -0.3 is 15.4 Å². The number of nitrogens with one attached hydrogen (secondary N) is 2. The largest absolute Gasteiger partial charge is 0.491 e. The van der Waals surface area contributed by atoms with E-state index in [2.05, 4.69) is 29.5 Å². The van der Waals surface area contributed by atoms with Crippen LogP contribution in [0.2, 0.25) is 0 Å². The van der Waals surface area contributed by atoms with E-state index >= 15 is 0 Å². The summed E-state index contributed by atoms with van der Waals surface area (Å²) in [5, 5.41) is 6.41. The zero-order valence-electron chi connectivity index (χ0n) is 10.4. The smallest absolute Gasteiger partial charge is 0.195 e. The number of rotatable bonds is 4. The Bertz CT molecular complexity index is 403. The van der Waals surface area contributed by atoms with E-state index in [-0.39, 0.29) is 6.10 Å². The van der Waals surface area contributed by atoms with Gasteiger partial charge in [-0.1, -0.05) is 13.0 Å². The molecule has 2 N–H and O–H groups in total. The van der Waals surface area contributed by atoms with E-state index in [0.29, 0.717) is 0 Å². The van der Waals surface area contributed by atoms with E-state index in [1.165, 1.54) is 0 Å². The van der Waals surface area contributed by atoms with Crippen LogP contribution in [-0.2, 0) is 0 Å². The molecule has 0 bridgehead atoms. The number of anilines is 1. The van der Waals surface area contributed by atoms with Gasteiger partial charge in [-0.05, 0) is 25.5 Å². The van der Waals surface area contributed by atoms with Crippen LogP contribution in [0.3, 0.4) is 0 Å². The van der Waals surface area contributed by atoms with Crippen molar-refractivity contribution in [1.29, 1.82) is 0 Å². The molecule has 1 aliphatic heterocycles. The van der Waals surface area contributed by atoms with Crippen molar-refractivity contribution in [3.05, 3.63) is 24.3 Å². The highest BCUT2D eigenvalue weighted by molar-refractivity contribution is 5.94. The van der Waals surface area contributed by atoms with Crippen molar-refractivity contribution in [3.8, 4) is 5.75 Å². The molecular weight excluding hydrogens is 214 g/mol. The third kappa shape index (κ3) is 3.37. The van der Waals surface area contributed by atoms with Crippen molar-refractivity contribution in [2.24, 2.45) is 4.99 Å². The number of hydrogen-bond acceptors (Lipinski definition) is 4. The number of benzene rings is 1. The molecule has 1 unspecified atom stereocenters. The van der Waals surface area contributed by atoms with E-state index in [1.807, 2.05) is 24.3 Å². The summed E-state index contributed by atoms with van der Waals surface area (Å²) < 4.78 is 5.77. The van der Waals surface area contributed by atoms with Crippen LogP contribution in [0.15, 0.2) is 29.3 Å². The second-order valence-corrected chi connectivity index (χ2v) is 4.15. The number of nitrogens with zero attached hydrogens (tertiary/aromatic N) is 1. The third-order valence-electron chi connectivity index (χ3n) is 2.68. The molecule has 0 fully saturated rings. The van der Waals surface area contributed by atoms with E-state index in [1.54, 1.807) is 0 Å². The fraction of sp³-hybridized carbons (Fsp3) is 0.462. The summed E-state index contributed by atoms with van der Waals surface area (Å²) >= 11 is 0. The Balaban J connectivity index is 2.00. The van der Waals surface area contributed by atoms with Gasteiger partial charge in [0.15, 0.2) is 5.96 Å². The third-order valence-corrected chi connectivity index (χ3v) is 2.68. The van der Waals surface area contributed by atoms with Crippen LogP contribution in [0.25, 0.3) is 0 Å². The van der Waals surface area contributed by atoms with Gasteiger partial charge in [-0.15, -0.1) is 0 Å². The van der Waals surface area contributed by atoms with Gasteiger partial charge in [-0.2, -0.15) is 0 Å². The van der Waals surface area contributed by atoms with Crippen LogP contribution in [0.1, 0.15) is 20.3 Å². The number of aliphatic imine (C=N–C) groups is 1. The maximum atomic E-state index is 5.77. The fourth-order valence-electron chi connectivity index (χ4n) is 1.58. The minimum Gasteiger partial charge on any atom is -0.491 e. The Labute approximate surface area is 102 Å². The molecule has 0 spiro atoms. The second-order valence-electron chi connectivity index (χ2n) is 4.15. The van der Waals surface area contributed by atoms with Gasteiger partial charge in [0.2, 0.25) is 0 Å². The highest BCUT2D eigenvalue weighted by atomic mass is 16.5. The van der Waals surface area contributed by atoms with Crippen LogP contribution in [0.5, 0.6) is 5.75 Å². The lowest BCUT2D eigenvalue weighted by Gasteiger charge is -2.14. The fourth-order valence-corrected chi connectivity index (χ4v) is 1.58. The first-order chi connectivity index (χ1) is 8.28. The minimum absolute atomic E-state index is 0.243. The predicted molar refractivity (Wildman–Crippen MR) is 70.8 cm³/mol. The Kier molecular flexibility index (Phi) is 3.85. The standard InChI is InChI=1S/C13H19N3O/c1-3-10(2)17-12-6-4-5-11(9-12)16-13-14-7-8-15-13/h4-6,9-10H,3,7-8H2,1-2H3,(H2,14,15,16).